The third-order valence-corrected chi connectivity index (χ3v) is 2.71. The van der Waals surface area contributed by atoms with Gasteiger partial charge in [-0.3, -0.25) is 4.79 Å². The molecule has 0 bridgehead atoms. The predicted octanol–water partition coefficient (Wildman–Crippen LogP) is 1.02. The molecule has 1 aromatic rings. The molecule has 0 aliphatic heterocycles. The number of esters is 1. The molecular weight excluding hydrogens is 322 g/mol. The standard InChI is InChI=1S/C17H17N5O3/c1-11(2)25-17(24)15(10-21-14(9-19)13(20)8-18)22-16(23)12-6-4-3-5-7-12/h3-7,10-11,21H,20H2,1-2H3,(H,22,23)/b14-13+,15-10+. The van der Waals surface area contributed by atoms with Crippen molar-refractivity contribution in [3.63, 3.8) is 0 Å². The van der Waals surface area contributed by atoms with E-state index in [-0.39, 0.29) is 17.1 Å². The van der Waals surface area contributed by atoms with Gasteiger partial charge in [-0.15, -0.1) is 0 Å². The fourth-order valence-electron chi connectivity index (χ4n) is 1.58. The maximum Gasteiger partial charge on any atom is 0.356 e. The molecule has 0 aliphatic carbocycles. The maximum absolute atomic E-state index is 12.2. The first-order valence-electron chi connectivity index (χ1n) is 7.23. The fourth-order valence-corrected chi connectivity index (χ4v) is 1.58. The van der Waals surface area contributed by atoms with Gasteiger partial charge in [0.05, 0.1) is 6.10 Å². The molecule has 0 fully saturated rings. The van der Waals surface area contributed by atoms with Crippen LogP contribution in [0.4, 0.5) is 0 Å². The first-order valence-corrected chi connectivity index (χ1v) is 7.23. The van der Waals surface area contributed by atoms with Gasteiger partial charge < -0.3 is 21.1 Å². The molecule has 1 aromatic carbocycles. The Morgan fingerprint density at radius 1 is 1.20 bits per heavy atom. The molecule has 0 heterocycles. The Morgan fingerprint density at radius 3 is 2.36 bits per heavy atom. The van der Waals surface area contributed by atoms with Gasteiger partial charge in [0.1, 0.15) is 23.5 Å². The summed E-state index contributed by atoms with van der Waals surface area (Å²) in [4.78, 5) is 24.3. The van der Waals surface area contributed by atoms with E-state index in [9.17, 15) is 9.59 Å². The number of amides is 1. The van der Waals surface area contributed by atoms with Gasteiger partial charge in [-0.05, 0) is 26.0 Å². The van der Waals surface area contributed by atoms with E-state index in [1.165, 1.54) is 0 Å². The summed E-state index contributed by atoms with van der Waals surface area (Å²) in [5, 5.41) is 22.5. The molecule has 0 radical (unpaired) electrons. The zero-order valence-corrected chi connectivity index (χ0v) is 13.7. The van der Waals surface area contributed by atoms with Crippen LogP contribution in [0.1, 0.15) is 24.2 Å². The third kappa shape index (κ3) is 6.08. The highest BCUT2D eigenvalue weighted by atomic mass is 16.5. The molecular formula is C17H17N5O3. The van der Waals surface area contributed by atoms with E-state index >= 15 is 0 Å². The number of nitrogens with zero attached hydrogens (tertiary/aromatic N) is 2. The average Bonchev–Trinajstić information content (AvgIpc) is 2.60. The molecule has 128 valence electrons. The Morgan fingerprint density at radius 2 is 1.84 bits per heavy atom. The van der Waals surface area contributed by atoms with Gasteiger partial charge in [0.15, 0.2) is 5.70 Å². The summed E-state index contributed by atoms with van der Waals surface area (Å²) < 4.78 is 5.04. The van der Waals surface area contributed by atoms with Crippen LogP contribution in [0.3, 0.4) is 0 Å². The zero-order chi connectivity index (χ0) is 18.8. The van der Waals surface area contributed by atoms with Gasteiger partial charge in [0.2, 0.25) is 0 Å². The normalized spacial score (nSPS) is 11.6. The van der Waals surface area contributed by atoms with Crippen molar-refractivity contribution in [2.75, 3.05) is 0 Å². The summed E-state index contributed by atoms with van der Waals surface area (Å²) in [6, 6.07) is 11.5. The molecule has 0 saturated carbocycles. The Balaban J connectivity index is 3.07. The van der Waals surface area contributed by atoms with Crippen molar-refractivity contribution in [2.45, 2.75) is 20.0 Å². The van der Waals surface area contributed by atoms with Crippen LogP contribution in [0, 0.1) is 22.7 Å². The molecule has 0 atom stereocenters. The second-order valence-corrected chi connectivity index (χ2v) is 4.99. The molecule has 25 heavy (non-hydrogen) atoms. The number of allylic oxidation sites excluding steroid dienone is 2. The highest BCUT2D eigenvalue weighted by molar-refractivity contribution is 6.01. The summed E-state index contributed by atoms with van der Waals surface area (Å²) in [5.41, 5.74) is 4.85. The molecule has 0 aliphatic rings. The monoisotopic (exact) mass is 339 g/mol. The smallest absolute Gasteiger partial charge is 0.356 e. The molecule has 0 unspecified atom stereocenters. The van der Waals surface area contributed by atoms with Crippen LogP contribution in [0.25, 0.3) is 0 Å². The minimum atomic E-state index is -0.806. The summed E-state index contributed by atoms with van der Waals surface area (Å²) >= 11 is 0. The van der Waals surface area contributed by atoms with Crippen molar-refractivity contribution in [1.82, 2.24) is 10.6 Å². The molecule has 0 aromatic heterocycles. The number of rotatable bonds is 6. The van der Waals surface area contributed by atoms with E-state index in [1.54, 1.807) is 56.3 Å². The maximum atomic E-state index is 12.2. The quantitative estimate of drug-likeness (QED) is 0.399. The van der Waals surface area contributed by atoms with Crippen LogP contribution >= 0.6 is 0 Å². The average molecular weight is 339 g/mol. The molecule has 8 nitrogen and oxygen atoms in total. The first kappa shape index (κ1) is 19.3. The number of carbonyl (C=O) groups is 2. The van der Waals surface area contributed by atoms with Crippen LogP contribution in [0.15, 0.2) is 53.6 Å². The first-order chi connectivity index (χ1) is 11.9. The number of carbonyl (C=O) groups excluding carboxylic acids is 2. The molecule has 8 heteroatoms. The predicted molar refractivity (Wildman–Crippen MR) is 88.8 cm³/mol. The molecule has 0 saturated heterocycles. The van der Waals surface area contributed by atoms with Crippen LogP contribution in [0.2, 0.25) is 0 Å². The van der Waals surface area contributed by atoms with Gasteiger partial charge in [-0.2, -0.15) is 10.5 Å². The highest BCUT2D eigenvalue weighted by Crippen LogP contribution is 2.04. The molecule has 1 rings (SSSR count). The summed E-state index contributed by atoms with van der Waals surface area (Å²) in [5.74, 6) is -1.34. The van der Waals surface area contributed by atoms with Crippen LogP contribution in [0.5, 0.6) is 0 Å². The van der Waals surface area contributed by atoms with Gasteiger partial charge >= 0.3 is 5.97 Å². The number of hydrogen-bond donors (Lipinski definition) is 3. The second-order valence-electron chi connectivity index (χ2n) is 4.99. The van der Waals surface area contributed by atoms with E-state index in [4.69, 9.17) is 21.0 Å². The van der Waals surface area contributed by atoms with Gasteiger partial charge in [-0.1, -0.05) is 18.2 Å². The molecule has 1 amide bonds. The lowest BCUT2D eigenvalue weighted by molar-refractivity contribution is -0.143. The van der Waals surface area contributed by atoms with Gasteiger partial charge in [0.25, 0.3) is 5.91 Å². The van der Waals surface area contributed by atoms with Crippen LogP contribution < -0.4 is 16.4 Å². The largest absolute Gasteiger partial charge is 0.458 e. The van der Waals surface area contributed by atoms with E-state index in [2.05, 4.69) is 10.6 Å². The summed E-state index contributed by atoms with van der Waals surface area (Å²) in [7, 11) is 0. The molecule has 4 N–H and O–H groups in total. The zero-order valence-electron chi connectivity index (χ0n) is 13.7. The van der Waals surface area contributed by atoms with Crippen molar-refractivity contribution in [3.05, 3.63) is 59.2 Å². The fraction of sp³-hybridized carbons (Fsp3) is 0.176. The number of nitriles is 2. The SMILES string of the molecule is CC(C)OC(=O)/C(=C\N/C(C#N)=C(/N)C#N)NC(=O)c1ccccc1. The topological polar surface area (TPSA) is 141 Å². The lowest BCUT2D eigenvalue weighted by Crippen LogP contribution is -2.31. The number of ether oxygens (including phenoxy) is 1. The lowest BCUT2D eigenvalue weighted by atomic mass is 10.2. The Hall–Kier alpha value is -3.78. The number of nitrogens with two attached hydrogens (primary N) is 1. The summed E-state index contributed by atoms with van der Waals surface area (Å²) in [6.07, 6.45) is 0.633. The minimum Gasteiger partial charge on any atom is -0.458 e. The van der Waals surface area contributed by atoms with E-state index in [1.807, 2.05) is 0 Å². The molecule has 0 spiro atoms. The van der Waals surface area contributed by atoms with Crippen molar-refractivity contribution in [3.8, 4) is 12.1 Å². The van der Waals surface area contributed by atoms with Crippen molar-refractivity contribution < 1.29 is 14.3 Å². The van der Waals surface area contributed by atoms with Crippen molar-refractivity contribution in [1.29, 1.82) is 10.5 Å². The van der Waals surface area contributed by atoms with Crippen LogP contribution in [-0.2, 0) is 9.53 Å². The number of nitrogens with one attached hydrogen (secondary N) is 2. The van der Waals surface area contributed by atoms with Crippen molar-refractivity contribution >= 4 is 11.9 Å². The number of benzene rings is 1. The Labute approximate surface area is 145 Å². The second kappa shape index (κ2) is 9.38. The summed E-state index contributed by atoms with van der Waals surface area (Å²) in [6.45, 7) is 3.30. The number of hydrogen-bond acceptors (Lipinski definition) is 7. The minimum absolute atomic E-state index is 0.235. The van der Waals surface area contributed by atoms with E-state index in [0.717, 1.165) is 6.20 Å². The lowest BCUT2D eigenvalue weighted by Gasteiger charge is -2.12. The van der Waals surface area contributed by atoms with Crippen molar-refractivity contribution in [2.24, 2.45) is 5.73 Å². The van der Waals surface area contributed by atoms with Gasteiger partial charge in [-0.25, -0.2) is 4.79 Å². The Kier molecular flexibility index (Phi) is 7.23. The highest BCUT2D eigenvalue weighted by Gasteiger charge is 2.17. The van der Waals surface area contributed by atoms with E-state index in [0.29, 0.717) is 5.56 Å². The Bertz CT molecular complexity index is 783. The third-order valence-electron chi connectivity index (χ3n) is 2.71. The van der Waals surface area contributed by atoms with Crippen LogP contribution in [-0.4, -0.2) is 18.0 Å². The van der Waals surface area contributed by atoms with Gasteiger partial charge in [0, 0.05) is 11.8 Å². The van der Waals surface area contributed by atoms with E-state index < -0.39 is 18.0 Å².